The van der Waals surface area contributed by atoms with Crippen LogP contribution in [0, 0.1) is 6.92 Å². The predicted molar refractivity (Wildman–Crippen MR) is 61.5 cm³/mol. The number of rotatable bonds is 3. The molecule has 1 saturated heterocycles. The van der Waals surface area contributed by atoms with Crippen molar-refractivity contribution in [3.63, 3.8) is 0 Å². The highest BCUT2D eigenvalue weighted by Gasteiger charge is 2.33. The quantitative estimate of drug-likeness (QED) is 0.753. The van der Waals surface area contributed by atoms with Gasteiger partial charge in [0.1, 0.15) is 0 Å². The van der Waals surface area contributed by atoms with Crippen molar-refractivity contribution in [2.45, 2.75) is 38.9 Å². The van der Waals surface area contributed by atoms with Gasteiger partial charge in [-0.3, -0.25) is 0 Å². The highest BCUT2D eigenvalue weighted by Crippen LogP contribution is 2.27. The van der Waals surface area contributed by atoms with Crippen molar-refractivity contribution in [1.82, 2.24) is 0 Å². The third-order valence-electron chi connectivity index (χ3n) is 2.91. The Kier molecular flexibility index (Phi) is 2.93. The van der Waals surface area contributed by atoms with Crippen LogP contribution >= 0.6 is 15.9 Å². The van der Waals surface area contributed by atoms with Crippen molar-refractivity contribution < 1.29 is 4.74 Å². The molecule has 1 nitrogen and oxygen atoms in total. The van der Waals surface area contributed by atoms with E-state index in [9.17, 15) is 0 Å². The minimum Gasteiger partial charge on any atom is -0.370 e. The molecule has 1 aliphatic heterocycles. The minimum absolute atomic E-state index is 0.488. The summed E-state index contributed by atoms with van der Waals surface area (Å²) in [4.78, 5) is 0. The van der Waals surface area contributed by atoms with E-state index in [1.54, 1.807) is 0 Å². The Morgan fingerprint density at radius 1 is 1.43 bits per heavy atom. The van der Waals surface area contributed by atoms with Crippen LogP contribution in [0.5, 0.6) is 0 Å². The molecule has 1 aromatic rings. The molecule has 0 aliphatic carbocycles. The Hall–Kier alpha value is -0.340. The summed E-state index contributed by atoms with van der Waals surface area (Å²) in [6.45, 7) is 4.30. The lowest BCUT2D eigenvalue weighted by atomic mass is 10.0. The number of epoxide rings is 1. The summed E-state index contributed by atoms with van der Waals surface area (Å²) in [5, 5.41) is 0. The average molecular weight is 255 g/mol. The number of hydrogen-bond donors (Lipinski definition) is 0. The van der Waals surface area contributed by atoms with Gasteiger partial charge in [-0.1, -0.05) is 28.1 Å². The fraction of sp³-hybridized carbons (Fsp3) is 0.500. The van der Waals surface area contributed by atoms with Crippen LogP contribution in [0.15, 0.2) is 22.7 Å². The Labute approximate surface area is 93.6 Å². The van der Waals surface area contributed by atoms with Gasteiger partial charge in [0.15, 0.2) is 0 Å². The molecule has 0 amide bonds. The van der Waals surface area contributed by atoms with Gasteiger partial charge in [0.25, 0.3) is 0 Å². The maximum absolute atomic E-state index is 5.40. The molecule has 0 N–H and O–H groups in total. The average Bonchev–Trinajstić information content (AvgIpc) is 2.85. The first kappa shape index (κ1) is 10.2. The Balaban J connectivity index is 1.98. The fourth-order valence-electron chi connectivity index (χ4n) is 1.75. The molecular weight excluding hydrogens is 240 g/mol. The molecule has 0 saturated carbocycles. The van der Waals surface area contributed by atoms with Crippen LogP contribution in [0.25, 0.3) is 0 Å². The summed E-state index contributed by atoms with van der Waals surface area (Å²) in [6, 6.07) is 6.39. The van der Waals surface area contributed by atoms with Gasteiger partial charge in [0.05, 0.1) is 12.2 Å². The van der Waals surface area contributed by atoms with E-state index < -0.39 is 0 Å². The van der Waals surface area contributed by atoms with E-state index in [2.05, 4.69) is 48.0 Å². The summed E-state index contributed by atoms with van der Waals surface area (Å²) in [6.07, 6.45) is 3.27. The van der Waals surface area contributed by atoms with Gasteiger partial charge in [-0.05, 0) is 43.9 Å². The molecule has 1 aliphatic rings. The molecule has 2 heteroatoms. The SMILES string of the molecule is Cc1c(Br)cccc1CCC1OC1C. The van der Waals surface area contributed by atoms with E-state index in [-0.39, 0.29) is 0 Å². The van der Waals surface area contributed by atoms with Crippen molar-refractivity contribution in [3.8, 4) is 0 Å². The van der Waals surface area contributed by atoms with Gasteiger partial charge in [-0.2, -0.15) is 0 Å². The first-order valence-corrected chi connectivity index (χ1v) is 5.87. The molecule has 76 valence electrons. The number of halogens is 1. The highest BCUT2D eigenvalue weighted by molar-refractivity contribution is 9.10. The van der Waals surface area contributed by atoms with Gasteiger partial charge < -0.3 is 4.74 Å². The summed E-state index contributed by atoms with van der Waals surface area (Å²) < 4.78 is 6.61. The van der Waals surface area contributed by atoms with Gasteiger partial charge in [-0.25, -0.2) is 0 Å². The zero-order valence-corrected chi connectivity index (χ0v) is 10.2. The second kappa shape index (κ2) is 4.03. The number of hydrogen-bond acceptors (Lipinski definition) is 1. The third-order valence-corrected chi connectivity index (χ3v) is 3.77. The molecular formula is C12H15BrO. The molecule has 1 heterocycles. The fourth-order valence-corrected chi connectivity index (χ4v) is 2.16. The van der Waals surface area contributed by atoms with Crippen molar-refractivity contribution in [2.24, 2.45) is 0 Å². The monoisotopic (exact) mass is 254 g/mol. The smallest absolute Gasteiger partial charge is 0.0842 e. The van der Waals surface area contributed by atoms with Gasteiger partial charge in [-0.15, -0.1) is 0 Å². The lowest BCUT2D eigenvalue weighted by molar-refractivity contribution is 0.370. The summed E-state index contributed by atoms with van der Waals surface area (Å²) >= 11 is 3.55. The summed E-state index contributed by atoms with van der Waals surface area (Å²) in [5.41, 5.74) is 2.79. The van der Waals surface area contributed by atoms with Crippen LogP contribution in [-0.4, -0.2) is 12.2 Å². The second-order valence-corrected chi connectivity index (χ2v) is 4.80. The van der Waals surface area contributed by atoms with Crippen LogP contribution in [0.3, 0.4) is 0 Å². The summed E-state index contributed by atoms with van der Waals surface area (Å²) in [7, 11) is 0. The lowest BCUT2D eigenvalue weighted by Crippen LogP contribution is -1.96. The molecule has 14 heavy (non-hydrogen) atoms. The van der Waals surface area contributed by atoms with Crippen LogP contribution in [0.2, 0.25) is 0 Å². The van der Waals surface area contributed by atoms with E-state index in [4.69, 9.17) is 4.74 Å². The second-order valence-electron chi connectivity index (χ2n) is 3.94. The first-order valence-electron chi connectivity index (χ1n) is 5.08. The van der Waals surface area contributed by atoms with E-state index in [0.29, 0.717) is 12.2 Å². The van der Waals surface area contributed by atoms with Gasteiger partial charge in [0, 0.05) is 4.47 Å². The first-order chi connectivity index (χ1) is 6.68. The molecule has 2 atom stereocenters. The molecule has 2 rings (SSSR count). The molecule has 1 aromatic carbocycles. The number of benzene rings is 1. The van der Waals surface area contributed by atoms with Crippen LogP contribution in [0.4, 0.5) is 0 Å². The zero-order chi connectivity index (χ0) is 10.1. The Morgan fingerprint density at radius 3 is 2.79 bits per heavy atom. The van der Waals surface area contributed by atoms with Crippen LogP contribution in [-0.2, 0) is 11.2 Å². The number of ether oxygens (including phenoxy) is 1. The van der Waals surface area contributed by atoms with Crippen molar-refractivity contribution >= 4 is 15.9 Å². The van der Waals surface area contributed by atoms with E-state index in [1.165, 1.54) is 15.6 Å². The van der Waals surface area contributed by atoms with Crippen LogP contribution < -0.4 is 0 Å². The third kappa shape index (κ3) is 2.18. The maximum Gasteiger partial charge on any atom is 0.0842 e. The van der Waals surface area contributed by atoms with Gasteiger partial charge >= 0.3 is 0 Å². The minimum atomic E-state index is 0.488. The summed E-state index contributed by atoms with van der Waals surface area (Å²) in [5.74, 6) is 0. The zero-order valence-electron chi connectivity index (χ0n) is 8.59. The van der Waals surface area contributed by atoms with Crippen molar-refractivity contribution in [3.05, 3.63) is 33.8 Å². The molecule has 2 unspecified atom stereocenters. The molecule has 0 bridgehead atoms. The highest BCUT2D eigenvalue weighted by atomic mass is 79.9. The van der Waals surface area contributed by atoms with Crippen molar-refractivity contribution in [1.29, 1.82) is 0 Å². The Morgan fingerprint density at radius 2 is 2.14 bits per heavy atom. The van der Waals surface area contributed by atoms with Crippen LogP contribution in [0.1, 0.15) is 24.5 Å². The van der Waals surface area contributed by atoms with Crippen molar-refractivity contribution in [2.75, 3.05) is 0 Å². The van der Waals surface area contributed by atoms with E-state index in [0.717, 1.165) is 12.8 Å². The maximum atomic E-state index is 5.40. The topological polar surface area (TPSA) is 12.5 Å². The Bertz CT molecular complexity index is 335. The largest absolute Gasteiger partial charge is 0.370 e. The van der Waals surface area contributed by atoms with E-state index >= 15 is 0 Å². The predicted octanol–water partition coefficient (Wildman–Crippen LogP) is 3.48. The normalized spacial score (nSPS) is 25.1. The number of aryl methyl sites for hydroxylation is 1. The van der Waals surface area contributed by atoms with Gasteiger partial charge in [0.2, 0.25) is 0 Å². The molecule has 0 radical (unpaired) electrons. The molecule has 0 spiro atoms. The standard InChI is InChI=1S/C12H15BrO/c1-8-10(4-3-5-11(8)13)6-7-12-9(2)14-12/h3-5,9,12H,6-7H2,1-2H3. The molecule has 0 aromatic heterocycles. The molecule has 1 fully saturated rings. The lowest BCUT2D eigenvalue weighted by Gasteiger charge is -2.05. The van der Waals surface area contributed by atoms with E-state index in [1.807, 2.05) is 0 Å².